The van der Waals surface area contributed by atoms with Gasteiger partial charge in [-0.3, -0.25) is 4.98 Å². The van der Waals surface area contributed by atoms with E-state index in [9.17, 15) is 5.26 Å². The van der Waals surface area contributed by atoms with Crippen LogP contribution in [0.5, 0.6) is 0 Å². The average Bonchev–Trinajstić information content (AvgIpc) is 3.48. The van der Waals surface area contributed by atoms with Crippen LogP contribution in [-0.4, -0.2) is 4.98 Å². The molecule has 0 bridgehead atoms. The molecule has 2 nitrogen and oxygen atoms in total. The normalized spacial score (nSPS) is 13.3. The smallest absolute Gasteiger partial charge is 0.0992 e. The van der Waals surface area contributed by atoms with Gasteiger partial charge >= 0.3 is 0 Å². The van der Waals surface area contributed by atoms with Crippen LogP contribution < -0.4 is 0 Å². The maximum atomic E-state index is 9.51. The van der Waals surface area contributed by atoms with E-state index < -0.39 is 5.41 Å². The van der Waals surface area contributed by atoms with Crippen LogP contribution in [0.4, 0.5) is 0 Å². The number of benzene rings is 5. The van der Waals surface area contributed by atoms with Crippen LogP contribution in [0.15, 0.2) is 134 Å². The van der Waals surface area contributed by atoms with Crippen molar-refractivity contribution >= 4 is 0 Å². The van der Waals surface area contributed by atoms with E-state index >= 15 is 0 Å². The van der Waals surface area contributed by atoms with Gasteiger partial charge < -0.3 is 0 Å². The minimum absolute atomic E-state index is 0.439. The van der Waals surface area contributed by atoms with Crippen molar-refractivity contribution in [3.63, 3.8) is 0 Å². The van der Waals surface area contributed by atoms with E-state index in [-0.39, 0.29) is 0 Å². The van der Waals surface area contributed by atoms with Gasteiger partial charge in [0.25, 0.3) is 0 Å². The molecule has 0 saturated carbocycles. The minimum atomic E-state index is -0.439. The van der Waals surface area contributed by atoms with E-state index in [1.165, 1.54) is 55.6 Å². The largest absolute Gasteiger partial charge is 0.256 e. The highest BCUT2D eigenvalue weighted by Gasteiger charge is 2.51. The van der Waals surface area contributed by atoms with Crippen LogP contribution in [0.25, 0.3) is 44.6 Å². The fourth-order valence-electron chi connectivity index (χ4n) is 6.77. The molecule has 0 N–H and O–H groups in total. The predicted molar refractivity (Wildman–Crippen MR) is 156 cm³/mol. The molecule has 2 heteroatoms. The van der Waals surface area contributed by atoms with Gasteiger partial charge in [-0.25, -0.2) is 0 Å². The first-order valence-electron chi connectivity index (χ1n) is 13.2. The van der Waals surface area contributed by atoms with Crippen LogP contribution in [-0.2, 0) is 5.41 Å². The molecule has 0 amide bonds. The highest BCUT2D eigenvalue weighted by molar-refractivity contribution is 5.96. The second kappa shape index (κ2) is 8.12. The molecule has 0 fully saturated rings. The van der Waals surface area contributed by atoms with Crippen LogP contribution >= 0.6 is 0 Å². The van der Waals surface area contributed by atoms with Gasteiger partial charge in [-0.15, -0.1) is 0 Å². The molecule has 6 aromatic rings. The highest BCUT2D eigenvalue weighted by atomic mass is 14.7. The molecule has 0 radical (unpaired) electrons. The first kappa shape index (κ1) is 21.8. The zero-order valence-electron chi connectivity index (χ0n) is 21.1. The molecule has 5 aromatic carbocycles. The summed E-state index contributed by atoms with van der Waals surface area (Å²) in [6.07, 6.45) is 1.72. The van der Waals surface area contributed by atoms with E-state index in [1.54, 1.807) is 12.3 Å². The Morgan fingerprint density at radius 2 is 1.05 bits per heavy atom. The Balaban J connectivity index is 1.48. The molecule has 2 aliphatic rings. The average molecular weight is 495 g/mol. The molecule has 39 heavy (non-hydrogen) atoms. The van der Waals surface area contributed by atoms with Gasteiger partial charge in [-0.05, 0) is 79.9 Å². The molecule has 0 atom stereocenters. The van der Waals surface area contributed by atoms with Crippen LogP contribution in [0.2, 0.25) is 0 Å². The first-order valence-corrected chi connectivity index (χ1v) is 13.2. The van der Waals surface area contributed by atoms with Crippen LogP contribution in [0, 0.1) is 11.3 Å². The van der Waals surface area contributed by atoms with Gasteiger partial charge in [0.1, 0.15) is 0 Å². The van der Waals surface area contributed by atoms with E-state index in [1.807, 2.05) is 6.07 Å². The van der Waals surface area contributed by atoms with Gasteiger partial charge in [0.2, 0.25) is 0 Å². The summed E-state index contributed by atoms with van der Waals surface area (Å²) >= 11 is 0. The van der Waals surface area contributed by atoms with E-state index in [2.05, 4.69) is 126 Å². The summed E-state index contributed by atoms with van der Waals surface area (Å²) in [5.41, 5.74) is 14.7. The SMILES string of the molecule is N#Cc1ccnc(-c2ccc3c(c2)C2(c4ccccc4-c4ccccc42)c2cc(-c4ccccc4)ccc2-3)c1. The van der Waals surface area contributed by atoms with Gasteiger partial charge in [0.15, 0.2) is 0 Å². The molecule has 1 aromatic heterocycles. The number of fused-ring (bicyclic) bond motifs is 10. The molecule has 1 heterocycles. The van der Waals surface area contributed by atoms with E-state index in [4.69, 9.17) is 0 Å². The lowest BCUT2D eigenvalue weighted by atomic mass is 9.70. The molecule has 2 aliphatic carbocycles. The Bertz CT molecular complexity index is 1930. The zero-order valence-corrected chi connectivity index (χ0v) is 21.1. The Morgan fingerprint density at radius 1 is 0.487 bits per heavy atom. The van der Waals surface area contributed by atoms with E-state index in [0.717, 1.165) is 11.3 Å². The zero-order chi connectivity index (χ0) is 26.0. The van der Waals surface area contributed by atoms with Crippen molar-refractivity contribution in [1.82, 2.24) is 4.98 Å². The Kier molecular flexibility index (Phi) is 4.54. The maximum absolute atomic E-state index is 9.51. The summed E-state index contributed by atoms with van der Waals surface area (Å²) in [5, 5.41) is 9.51. The summed E-state index contributed by atoms with van der Waals surface area (Å²) in [6, 6.07) is 47.8. The second-order valence-electron chi connectivity index (χ2n) is 10.3. The quantitative estimate of drug-likeness (QED) is 0.241. The predicted octanol–water partition coefficient (Wildman–Crippen LogP) is 8.63. The van der Waals surface area contributed by atoms with Gasteiger partial charge in [0.05, 0.1) is 22.7 Å². The second-order valence-corrected chi connectivity index (χ2v) is 10.3. The lowest BCUT2D eigenvalue weighted by molar-refractivity contribution is 0.794. The minimum Gasteiger partial charge on any atom is -0.256 e. The number of pyridine rings is 1. The molecule has 180 valence electrons. The molecular formula is C37H22N2. The molecule has 1 spiro atoms. The van der Waals surface area contributed by atoms with Crippen molar-refractivity contribution in [3.8, 4) is 50.7 Å². The van der Waals surface area contributed by atoms with Gasteiger partial charge in [0, 0.05) is 11.8 Å². The fourth-order valence-corrected chi connectivity index (χ4v) is 6.77. The molecule has 0 unspecified atom stereocenters. The first-order chi connectivity index (χ1) is 19.3. The van der Waals surface area contributed by atoms with Crippen molar-refractivity contribution in [2.75, 3.05) is 0 Å². The number of hydrogen-bond donors (Lipinski definition) is 0. The lowest BCUT2D eigenvalue weighted by Crippen LogP contribution is -2.26. The van der Waals surface area contributed by atoms with Crippen molar-refractivity contribution in [2.24, 2.45) is 0 Å². The summed E-state index contributed by atoms with van der Waals surface area (Å²) in [4.78, 5) is 4.64. The third kappa shape index (κ3) is 2.93. The number of aromatic nitrogens is 1. The Hall–Kier alpha value is -5.26. The highest BCUT2D eigenvalue weighted by Crippen LogP contribution is 2.63. The van der Waals surface area contributed by atoms with Crippen LogP contribution in [0.3, 0.4) is 0 Å². The van der Waals surface area contributed by atoms with Crippen molar-refractivity contribution in [3.05, 3.63) is 161 Å². The summed E-state index contributed by atoms with van der Waals surface area (Å²) < 4.78 is 0. The summed E-state index contributed by atoms with van der Waals surface area (Å²) in [7, 11) is 0. The Labute approximate surface area is 227 Å². The summed E-state index contributed by atoms with van der Waals surface area (Å²) in [6.45, 7) is 0. The third-order valence-corrected chi connectivity index (χ3v) is 8.38. The Morgan fingerprint density at radius 3 is 1.72 bits per heavy atom. The monoisotopic (exact) mass is 494 g/mol. The fraction of sp³-hybridized carbons (Fsp3) is 0.0270. The van der Waals surface area contributed by atoms with Crippen molar-refractivity contribution in [2.45, 2.75) is 5.41 Å². The summed E-state index contributed by atoms with van der Waals surface area (Å²) in [5.74, 6) is 0. The number of hydrogen-bond acceptors (Lipinski definition) is 2. The number of nitrogens with zero attached hydrogens (tertiary/aromatic N) is 2. The topological polar surface area (TPSA) is 36.7 Å². The molecular weight excluding hydrogens is 472 g/mol. The lowest BCUT2D eigenvalue weighted by Gasteiger charge is -2.31. The van der Waals surface area contributed by atoms with Crippen LogP contribution in [0.1, 0.15) is 27.8 Å². The van der Waals surface area contributed by atoms with Crippen molar-refractivity contribution < 1.29 is 0 Å². The third-order valence-electron chi connectivity index (χ3n) is 8.38. The van der Waals surface area contributed by atoms with Gasteiger partial charge in [-0.2, -0.15) is 5.26 Å². The molecule has 0 aliphatic heterocycles. The number of rotatable bonds is 2. The van der Waals surface area contributed by atoms with Crippen molar-refractivity contribution in [1.29, 1.82) is 5.26 Å². The van der Waals surface area contributed by atoms with Gasteiger partial charge in [-0.1, -0.05) is 103 Å². The maximum Gasteiger partial charge on any atom is 0.0992 e. The van der Waals surface area contributed by atoms with E-state index in [0.29, 0.717) is 5.56 Å². The standard InChI is InChI=1S/C37H22N2/c38-23-24-18-19-39-36(20-24)27-15-17-31-30-16-14-26(25-8-2-1-3-9-25)21-34(30)37(35(31)22-27)32-12-6-4-10-28(32)29-11-5-7-13-33(29)37/h1-22H. The number of nitriles is 1. The molecule has 8 rings (SSSR count). The molecule has 0 saturated heterocycles.